The van der Waals surface area contributed by atoms with Crippen molar-refractivity contribution in [2.24, 2.45) is 0 Å². The van der Waals surface area contributed by atoms with Crippen LogP contribution in [-0.4, -0.2) is 41.3 Å². The lowest BCUT2D eigenvalue weighted by Gasteiger charge is -2.29. The lowest BCUT2D eigenvalue weighted by atomic mass is 9.99. The number of anilines is 1. The number of rotatable bonds is 6. The number of hydrogen-bond acceptors (Lipinski definition) is 6. The minimum absolute atomic E-state index is 0.265. The summed E-state index contributed by atoms with van der Waals surface area (Å²) < 4.78 is 5.71. The summed E-state index contributed by atoms with van der Waals surface area (Å²) >= 11 is 1.68. The van der Waals surface area contributed by atoms with E-state index in [0.717, 1.165) is 58.5 Å². The fourth-order valence-corrected chi connectivity index (χ4v) is 4.66. The first-order valence-corrected chi connectivity index (χ1v) is 11.3. The van der Waals surface area contributed by atoms with Crippen molar-refractivity contribution >= 4 is 22.6 Å². The molecule has 0 saturated heterocycles. The van der Waals surface area contributed by atoms with Crippen molar-refractivity contribution in [3.8, 4) is 21.1 Å². The number of ether oxygens (including phenoxy) is 1. The molecule has 0 bridgehead atoms. The van der Waals surface area contributed by atoms with Crippen LogP contribution in [0.2, 0.25) is 0 Å². The minimum atomic E-state index is 0.265. The van der Waals surface area contributed by atoms with Gasteiger partial charge in [-0.25, -0.2) is 9.97 Å². The van der Waals surface area contributed by atoms with Crippen LogP contribution in [0.4, 0.5) is 5.69 Å². The van der Waals surface area contributed by atoms with Crippen LogP contribution in [0.25, 0.3) is 26.7 Å². The number of nitrogens with zero attached hydrogens (tertiary/aromatic N) is 4. The van der Waals surface area contributed by atoms with Crippen molar-refractivity contribution in [1.82, 2.24) is 15.0 Å². The van der Waals surface area contributed by atoms with E-state index in [9.17, 15) is 0 Å². The molecule has 0 amide bonds. The first-order valence-electron chi connectivity index (χ1n) is 10.4. The molecule has 30 heavy (non-hydrogen) atoms. The Labute approximate surface area is 182 Å². The average molecular weight is 421 g/mol. The summed E-state index contributed by atoms with van der Waals surface area (Å²) in [6.07, 6.45) is 8.12. The van der Waals surface area contributed by atoms with Crippen LogP contribution in [0.3, 0.4) is 0 Å². The summed E-state index contributed by atoms with van der Waals surface area (Å²) in [5, 5.41) is 0.980. The van der Waals surface area contributed by atoms with Gasteiger partial charge in [0.15, 0.2) is 0 Å². The van der Waals surface area contributed by atoms with E-state index in [4.69, 9.17) is 14.7 Å². The topological polar surface area (TPSA) is 51.1 Å². The summed E-state index contributed by atoms with van der Waals surface area (Å²) in [6, 6.07) is 8.30. The number of fused-ring (bicyclic) bond motifs is 1. The van der Waals surface area contributed by atoms with Gasteiger partial charge in [-0.15, -0.1) is 11.3 Å². The lowest BCUT2D eigenvalue weighted by molar-refractivity contribution is 0.0826. The second-order valence-corrected chi connectivity index (χ2v) is 8.85. The Morgan fingerprint density at radius 2 is 2.10 bits per heavy atom. The first-order chi connectivity index (χ1) is 14.5. The Kier molecular flexibility index (Phi) is 6.25. The van der Waals surface area contributed by atoms with E-state index < -0.39 is 0 Å². The quantitative estimate of drug-likeness (QED) is 0.485. The molecule has 6 heteroatoms. The Bertz CT molecular complexity index is 1040. The monoisotopic (exact) mass is 420 g/mol. The van der Waals surface area contributed by atoms with Crippen molar-refractivity contribution in [1.29, 1.82) is 0 Å². The molecular weight excluding hydrogens is 392 g/mol. The highest BCUT2D eigenvalue weighted by Crippen LogP contribution is 2.38. The molecule has 0 unspecified atom stereocenters. The maximum absolute atomic E-state index is 5.71. The lowest BCUT2D eigenvalue weighted by Crippen LogP contribution is -2.25. The van der Waals surface area contributed by atoms with E-state index in [-0.39, 0.29) is 6.10 Å². The molecule has 0 saturated carbocycles. The number of aromatic nitrogens is 3. The Balaban J connectivity index is 1.66. The molecule has 0 radical (unpaired) electrons. The summed E-state index contributed by atoms with van der Waals surface area (Å²) in [7, 11) is 2.14. The third-order valence-corrected chi connectivity index (χ3v) is 6.43. The molecule has 5 nitrogen and oxygen atoms in total. The van der Waals surface area contributed by atoms with Crippen LogP contribution in [0.15, 0.2) is 42.7 Å². The Hall–Kier alpha value is -2.57. The first kappa shape index (κ1) is 20.7. The van der Waals surface area contributed by atoms with E-state index >= 15 is 0 Å². The van der Waals surface area contributed by atoms with E-state index in [1.165, 1.54) is 11.3 Å². The standard InChI is InChI=1S/C24H28N4OS/c1-16(2)29-14-6-8-18-11-13-28(4)21-10-9-20(27-22(18)21)23-17(3)26-24(30-23)19-7-5-12-25-15-19/h5,7-10,12,15-16H,6,11,13-14H2,1-4H3/b18-8+. The van der Waals surface area contributed by atoms with E-state index in [0.29, 0.717) is 0 Å². The fourth-order valence-electron chi connectivity index (χ4n) is 3.63. The molecule has 0 N–H and O–H groups in total. The van der Waals surface area contributed by atoms with Crippen LogP contribution in [0, 0.1) is 6.92 Å². The zero-order chi connectivity index (χ0) is 21.1. The molecule has 4 rings (SSSR count). The van der Waals surface area contributed by atoms with Gasteiger partial charge in [0.1, 0.15) is 5.01 Å². The summed E-state index contributed by atoms with van der Waals surface area (Å²) in [5.74, 6) is 0. The Morgan fingerprint density at radius 3 is 2.87 bits per heavy atom. The van der Waals surface area contributed by atoms with Gasteiger partial charge in [0.05, 0.1) is 40.4 Å². The maximum Gasteiger partial charge on any atom is 0.125 e. The molecule has 3 aromatic heterocycles. The highest BCUT2D eigenvalue weighted by Gasteiger charge is 2.21. The predicted molar refractivity (Wildman–Crippen MR) is 125 cm³/mol. The molecule has 0 aromatic carbocycles. The van der Waals surface area contributed by atoms with Gasteiger partial charge in [-0.05, 0) is 63.5 Å². The molecule has 0 spiro atoms. The number of pyridine rings is 2. The van der Waals surface area contributed by atoms with Crippen molar-refractivity contribution in [3.05, 3.63) is 54.1 Å². The van der Waals surface area contributed by atoms with Gasteiger partial charge in [0.2, 0.25) is 0 Å². The molecule has 0 atom stereocenters. The SMILES string of the molecule is Cc1nc(-c2cccnc2)sc1-c1ccc2c(n1)/C(=C/CCOC(C)C)CCN2C. The van der Waals surface area contributed by atoms with Gasteiger partial charge >= 0.3 is 0 Å². The minimum Gasteiger partial charge on any atom is -0.378 e. The van der Waals surface area contributed by atoms with E-state index in [1.54, 1.807) is 17.5 Å². The van der Waals surface area contributed by atoms with Crippen molar-refractivity contribution < 1.29 is 4.74 Å². The third kappa shape index (κ3) is 4.45. The largest absolute Gasteiger partial charge is 0.378 e. The number of aryl methyl sites for hydroxylation is 1. The smallest absolute Gasteiger partial charge is 0.125 e. The zero-order valence-corrected chi connectivity index (χ0v) is 18.9. The van der Waals surface area contributed by atoms with Crippen LogP contribution < -0.4 is 4.90 Å². The highest BCUT2D eigenvalue weighted by atomic mass is 32.1. The predicted octanol–water partition coefficient (Wildman–Crippen LogP) is 5.61. The summed E-state index contributed by atoms with van der Waals surface area (Å²) in [6.45, 7) is 7.95. The van der Waals surface area contributed by atoms with Crippen molar-refractivity contribution in [2.45, 2.75) is 39.7 Å². The van der Waals surface area contributed by atoms with E-state index in [2.05, 4.69) is 55.9 Å². The molecule has 4 heterocycles. The normalized spacial score (nSPS) is 15.1. The van der Waals surface area contributed by atoms with Crippen molar-refractivity contribution in [2.75, 3.05) is 25.1 Å². The second kappa shape index (κ2) is 9.06. The van der Waals surface area contributed by atoms with Gasteiger partial charge in [-0.2, -0.15) is 0 Å². The van der Waals surface area contributed by atoms with E-state index in [1.807, 2.05) is 18.3 Å². The molecule has 0 aliphatic carbocycles. The molecule has 156 valence electrons. The summed E-state index contributed by atoms with van der Waals surface area (Å²) in [4.78, 5) is 17.5. The second-order valence-electron chi connectivity index (χ2n) is 7.85. The van der Waals surface area contributed by atoms with Gasteiger partial charge in [0.25, 0.3) is 0 Å². The molecule has 0 fully saturated rings. The molecule has 1 aliphatic heterocycles. The average Bonchev–Trinajstić information content (AvgIpc) is 3.14. The summed E-state index contributed by atoms with van der Waals surface area (Å²) in [5.41, 5.74) is 6.62. The van der Waals surface area contributed by atoms with Gasteiger partial charge < -0.3 is 9.64 Å². The zero-order valence-electron chi connectivity index (χ0n) is 18.1. The molecular formula is C24H28N4OS. The number of thiazole rings is 1. The fraction of sp³-hybridized carbons (Fsp3) is 0.375. The third-order valence-electron chi connectivity index (χ3n) is 5.20. The van der Waals surface area contributed by atoms with Crippen LogP contribution >= 0.6 is 11.3 Å². The van der Waals surface area contributed by atoms with Gasteiger partial charge in [-0.3, -0.25) is 4.98 Å². The van der Waals surface area contributed by atoms with Crippen LogP contribution in [0.1, 0.15) is 38.1 Å². The highest BCUT2D eigenvalue weighted by molar-refractivity contribution is 7.18. The Morgan fingerprint density at radius 1 is 1.23 bits per heavy atom. The molecule has 3 aromatic rings. The van der Waals surface area contributed by atoms with Gasteiger partial charge in [-0.1, -0.05) is 6.08 Å². The van der Waals surface area contributed by atoms with Crippen LogP contribution in [0.5, 0.6) is 0 Å². The van der Waals surface area contributed by atoms with Gasteiger partial charge in [0, 0.05) is 31.5 Å². The van der Waals surface area contributed by atoms with Crippen molar-refractivity contribution in [3.63, 3.8) is 0 Å². The van der Waals surface area contributed by atoms with Crippen LogP contribution in [-0.2, 0) is 4.74 Å². The molecule has 1 aliphatic rings. The maximum atomic E-state index is 5.71. The number of hydrogen-bond donors (Lipinski definition) is 0.